The van der Waals surface area contributed by atoms with Gasteiger partial charge >= 0.3 is 0 Å². The molecule has 3 atom stereocenters. The Balaban J connectivity index is 3.31. The van der Waals surface area contributed by atoms with Crippen LogP contribution in [0.4, 0.5) is 0 Å². The highest BCUT2D eigenvalue weighted by atomic mass is 32.2. The largest absolute Gasteiger partial charge is 0.369 e. The van der Waals surface area contributed by atoms with E-state index < -0.39 is 38.9 Å². The Hall–Kier alpha value is -1.63. The summed E-state index contributed by atoms with van der Waals surface area (Å²) in [6, 6.07) is 0. The van der Waals surface area contributed by atoms with Gasteiger partial charge in [0.25, 0.3) is 0 Å². The summed E-state index contributed by atoms with van der Waals surface area (Å²) in [5.41, 5.74) is 9.33. The minimum absolute atomic E-state index is 0.252. The molecule has 0 spiro atoms. The van der Waals surface area contributed by atoms with Crippen LogP contribution in [0.3, 0.4) is 0 Å². The van der Waals surface area contributed by atoms with Gasteiger partial charge in [0.15, 0.2) is 0 Å². The van der Waals surface area contributed by atoms with Gasteiger partial charge in [-0.2, -0.15) is 0 Å². The predicted molar refractivity (Wildman–Crippen MR) is 71.5 cm³/mol. The van der Waals surface area contributed by atoms with Crippen molar-refractivity contribution in [3.05, 3.63) is 24.3 Å². The first kappa shape index (κ1) is 15.4. The first-order valence-corrected chi connectivity index (χ1v) is 7.80. The van der Waals surface area contributed by atoms with E-state index in [1.54, 1.807) is 19.1 Å². The number of carbonyl (C=O) groups is 2. The predicted octanol–water partition coefficient (Wildman–Crippen LogP) is -0.634. The van der Waals surface area contributed by atoms with Crippen molar-refractivity contribution in [2.75, 3.05) is 12.0 Å². The molecule has 0 saturated heterocycles. The summed E-state index contributed by atoms with van der Waals surface area (Å²) in [5.74, 6) is -3.31. The summed E-state index contributed by atoms with van der Waals surface area (Å²) in [5, 5.41) is 0. The van der Waals surface area contributed by atoms with Crippen molar-refractivity contribution in [1.82, 2.24) is 0 Å². The molecule has 0 aromatic heterocycles. The molecule has 3 unspecified atom stereocenters. The molecule has 0 radical (unpaired) electrons. The van der Waals surface area contributed by atoms with Crippen molar-refractivity contribution in [2.45, 2.75) is 6.92 Å². The summed E-state index contributed by atoms with van der Waals surface area (Å²) in [6.07, 6.45) is 7.18. The van der Waals surface area contributed by atoms with Gasteiger partial charge in [0, 0.05) is 6.26 Å². The summed E-state index contributed by atoms with van der Waals surface area (Å²) < 4.78 is 22.8. The Morgan fingerprint density at radius 1 is 1.32 bits per heavy atom. The van der Waals surface area contributed by atoms with Crippen LogP contribution in [0.25, 0.3) is 0 Å². The fourth-order valence-electron chi connectivity index (χ4n) is 2.52. The summed E-state index contributed by atoms with van der Waals surface area (Å²) in [7, 11) is -3.31. The zero-order chi connectivity index (χ0) is 14.8. The van der Waals surface area contributed by atoms with Gasteiger partial charge in [0.1, 0.15) is 9.84 Å². The Morgan fingerprint density at radius 3 is 2.32 bits per heavy atom. The number of nitrogens with two attached hydrogens (primary N) is 2. The maximum Gasteiger partial charge on any atom is 0.228 e. The minimum Gasteiger partial charge on any atom is -0.369 e. The van der Waals surface area contributed by atoms with Crippen molar-refractivity contribution >= 4 is 21.7 Å². The highest BCUT2D eigenvalue weighted by Crippen LogP contribution is 2.41. The molecule has 0 aromatic carbocycles. The van der Waals surface area contributed by atoms with Gasteiger partial charge in [-0.05, 0) is 5.92 Å². The fourth-order valence-corrected chi connectivity index (χ4v) is 3.71. The monoisotopic (exact) mass is 286 g/mol. The number of sulfone groups is 1. The van der Waals surface area contributed by atoms with Crippen LogP contribution in [-0.2, 0) is 19.4 Å². The van der Waals surface area contributed by atoms with Gasteiger partial charge in [-0.15, -0.1) is 0 Å². The molecule has 7 heteroatoms. The molecular formula is C12H18N2O4S. The molecule has 106 valence electrons. The Bertz CT molecular complexity index is 550. The van der Waals surface area contributed by atoms with Gasteiger partial charge < -0.3 is 11.5 Å². The van der Waals surface area contributed by atoms with E-state index >= 15 is 0 Å². The maximum absolute atomic E-state index is 11.9. The number of primary amides is 2. The van der Waals surface area contributed by atoms with Crippen molar-refractivity contribution in [3.8, 4) is 0 Å². The summed E-state index contributed by atoms with van der Waals surface area (Å²) >= 11 is 0. The molecule has 0 heterocycles. The van der Waals surface area contributed by atoms with Crippen molar-refractivity contribution in [3.63, 3.8) is 0 Å². The molecule has 0 aliphatic heterocycles. The number of hydrogen-bond acceptors (Lipinski definition) is 4. The number of allylic oxidation sites excluding steroid dienone is 2. The summed E-state index contributed by atoms with van der Waals surface area (Å²) in [6.45, 7) is 1.57. The van der Waals surface area contributed by atoms with Gasteiger partial charge in [-0.3, -0.25) is 9.59 Å². The normalized spacial score (nSPS) is 28.0. The van der Waals surface area contributed by atoms with E-state index in [2.05, 4.69) is 0 Å². The van der Waals surface area contributed by atoms with E-state index in [4.69, 9.17) is 11.5 Å². The topological polar surface area (TPSA) is 120 Å². The second-order valence-electron chi connectivity index (χ2n) is 4.91. The number of carbonyl (C=O) groups excluding carboxylic acids is 2. The van der Waals surface area contributed by atoms with Crippen LogP contribution in [0, 0.1) is 17.3 Å². The van der Waals surface area contributed by atoms with Crippen LogP contribution in [0.15, 0.2) is 24.3 Å². The first-order valence-electron chi connectivity index (χ1n) is 5.74. The van der Waals surface area contributed by atoms with E-state index in [0.29, 0.717) is 0 Å². The highest BCUT2D eigenvalue weighted by Gasteiger charge is 2.49. The Kier molecular flexibility index (Phi) is 4.19. The van der Waals surface area contributed by atoms with Crippen LogP contribution in [0.5, 0.6) is 0 Å². The van der Waals surface area contributed by atoms with Crippen LogP contribution >= 0.6 is 0 Å². The number of rotatable bonds is 5. The van der Waals surface area contributed by atoms with E-state index in [-0.39, 0.29) is 5.75 Å². The van der Waals surface area contributed by atoms with Crippen LogP contribution < -0.4 is 11.5 Å². The second kappa shape index (κ2) is 5.16. The zero-order valence-electron chi connectivity index (χ0n) is 10.9. The Labute approximate surface area is 112 Å². The lowest BCUT2D eigenvalue weighted by molar-refractivity contribution is -0.136. The van der Waals surface area contributed by atoms with E-state index in [0.717, 1.165) is 6.26 Å². The SMILES string of the molecule is CC(CS(C)(=O)=O)C1(C(N)=O)C=CC=CC1C(N)=O. The lowest BCUT2D eigenvalue weighted by atomic mass is 9.65. The van der Waals surface area contributed by atoms with Crippen molar-refractivity contribution in [2.24, 2.45) is 28.7 Å². The lowest BCUT2D eigenvalue weighted by Gasteiger charge is -2.38. The minimum atomic E-state index is -3.31. The van der Waals surface area contributed by atoms with E-state index in [1.807, 2.05) is 0 Å². The molecule has 0 aromatic rings. The highest BCUT2D eigenvalue weighted by molar-refractivity contribution is 7.90. The second-order valence-corrected chi connectivity index (χ2v) is 7.10. The molecule has 6 nitrogen and oxygen atoms in total. The van der Waals surface area contributed by atoms with Crippen molar-refractivity contribution in [1.29, 1.82) is 0 Å². The zero-order valence-corrected chi connectivity index (χ0v) is 11.7. The molecule has 1 aliphatic carbocycles. The smallest absolute Gasteiger partial charge is 0.228 e. The molecular weight excluding hydrogens is 268 g/mol. The first-order chi connectivity index (χ1) is 8.61. The van der Waals surface area contributed by atoms with Gasteiger partial charge in [0.05, 0.1) is 17.1 Å². The third-order valence-electron chi connectivity index (χ3n) is 3.40. The molecule has 19 heavy (non-hydrogen) atoms. The van der Waals surface area contributed by atoms with E-state index in [1.165, 1.54) is 12.2 Å². The van der Waals surface area contributed by atoms with Crippen LogP contribution in [0.2, 0.25) is 0 Å². The van der Waals surface area contributed by atoms with Crippen LogP contribution in [-0.4, -0.2) is 32.2 Å². The molecule has 1 rings (SSSR count). The average molecular weight is 286 g/mol. The molecule has 1 aliphatic rings. The summed E-state index contributed by atoms with van der Waals surface area (Å²) in [4.78, 5) is 23.4. The molecule has 0 bridgehead atoms. The molecule has 4 N–H and O–H groups in total. The molecule has 0 fully saturated rings. The lowest BCUT2D eigenvalue weighted by Crippen LogP contribution is -2.52. The molecule has 0 saturated carbocycles. The maximum atomic E-state index is 11.9. The standard InChI is InChI=1S/C12H18N2O4S/c1-8(7-19(2,17)18)12(11(14)16)6-4-3-5-9(12)10(13)15/h3-6,8-9H,7H2,1-2H3,(H2,13,15)(H2,14,16). The number of amides is 2. The van der Waals surface area contributed by atoms with Crippen LogP contribution in [0.1, 0.15) is 6.92 Å². The average Bonchev–Trinajstić information content (AvgIpc) is 2.25. The Morgan fingerprint density at radius 2 is 1.89 bits per heavy atom. The van der Waals surface area contributed by atoms with Gasteiger partial charge in [-0.1, -0.05) is 31.2 Å². The molecule has 2 amide bonds. The quantitative estimate of drug-likeness (QED) is 0.698. The third-order valence-corrected chi connectivity index (χ3v) is 4.51. The third kappa shape index (κ3) is 3.04. The van der Waals surface area contributed by atoms with E-state index in [9.17, 15) is 18.0 Å². The van der Waals surface area contributed by atoms with Gasteiger partial charge in [0.2, 0.25) is 11.8 Å². The fraction of sp³-hybridized carbons (Fsp3) is 0.500. The van der Waals surface area contributed by atoms with Gasteiger partial charge in [-0.25, -0.2) is 8.42 Å². The number of hydrogen-bond donors (Lipinski definition) is 2. The van der Waals surface area contributed by atoms with Crippen molar-refractivity contribution < 1.29 is 18.0 Å².